The van der Waals surface area contributed by atoms with E-state index in [0.717, 1.165) is 44.3 Å². The Morgan fingerprint density at radius 2 is 1.08 bits per heavy atom. The standard InChI is InChI=1S/2C21H18F7N3O4.H2O/c2*1-8-13(10-3-4-11(22)14(23)15(10)34-19(24)25)16(35-20(8,2)21(26,27)28)18(33)31-9-5-6-30-12(7-9)17(29)32;/h2*3-8,13,16,19H,1-2H3,(H2,29,32)(H,30,31,33);1H2. The van der Waals surface area contributed by atoms with Crippen LogP contribution in [-0.4, -0.2) is 83.1 Å². The van der Waals surface area contributed by atoms with Crippen LogP contribution in [0.25, 0.3) is 0 Å². The number of aromatic nitrogens is 2. The number of hydrogen-bond acceptors (Lipinski definition) is 10. The SMILES string of the molecule is CC1C(c2ccc(F)c(F)c2OC(F)F)C(C(=O)Nc2cc[nH+]c(C(N)=O)c2)OC1(C)C(F)(F)F.CC1C(c2ccc(F)c(F)c2OC(F)F)C(C(=O)Nc2ccnc(C(N)=O)c2)OC1(C)C(F)(F)F.[OH-]. The first kappa shape index (κ1) is 56.7. The summed E-state index contributed by atoms with van der Waals surface area (Å²) in [4.78, 5) is 54.9. The van der Waals surface area contributed by atoms with E-state index in [1.807, 2.05) is 0 Å². The predicted octanol–water partition coefficient (Wildman–Crippen LogP) is 7.52. The molecule has 29 heteroatoms. The number of carbonyl (C=O) groups excluding carboxylic acids is 4. The van der Waals surface area contributed by atoms with Crippen molar-refractivity contribution in [3.05, 3.63) is 107 Å². The number of nitrogens with two attached hydrogens (primary N) is 2. The molecule has 0 aliphatic carbocycles. The second kappa shape index (κ2) is 21.2. The van der Waals surface area contributed by atoms with Crippen molar-refractivity contribution >= 4 is 35.0 Å². The summed E-state index contributed by atoms with van der Waals surface area (Å²) in [5, 5.41) is 4.50. The van der Waals surface area contributed by atoms with Crippen molar-refractivity contribution in [3.63, 3.8) is 0 Å². The molecule has 8 atom stereocenters. The third-order valence-electron chi connectivity index (χ3n) is 11.8. The highest BCUT2D eigenvalue weighted by atomic mass is 19.4. The van der Waals surface area contributed by atoms with Crippen molar-refractivity contribution in [3.8, 4) is 11.5 Å². The molecule has 4 heterocycles. The molecule has 388 valence electrons. The van der Waals surface area contributed by atoms with Crippen molar-refractivity contribution in [2.45, 2.75) is 88.5 Å². The zero-order valence-corrected chi connectivity index (χ0v) is 36.5. The highest BCUT2D eigenvalue weighted by Gasteiger charge is 2.67. The summed E-state index contributed by atoms with van der Waals surface area (Å²) >= 11 is 0. The van der Waals surface area contributed by atoms with Crippen LogP contribution in [0.5, 0.6) is 11.5 Å². The lowest BCUT2D eigenvalue weighted by Crippen LogP contribution is -2.47. The molecule has 0 spiro atoms. The number of alkyl halides is 10. The molecule has 4 amide bonds. The Morgan fingerprint density at radius 3 is 1.45 bits per heavy atom. The maximum absolute atomic E-state index is 14.4. The summed E-state index contributed by atoms with van der Waals surface area (Å²) in [6.45, 7) is -3.94. The van der Waals surface area contributed by atoms with E-state index in [4.69, 9.17) is 20.9 Å². The molecule has 15 nitrogen and oxygen atoms in total. The van der Waals surface area contributed by atoms with Gasteiger partial charge in [0.1, 0.15) is 17.9 Å². The number of ether oxygens (including phenoxy) is 4. The number of anilines is 2. The van der Waals surface area contributed by atoms with E-state index in [-0.39, 0.29) is 28.2 Å². The number of amides is 4. The third kappa shape index (κ3) is 11.5. The number of primary amides is 2. The molecular weight excluding hydrogens is 998 g/mol. The molecule has 2 aromatic heterocycles. The first-order chi connectivity index (χ1) is 32.3. The van der Waals surface area contributed by atoms with Gasteiger partial charge in [0.05, 0.1) is 5.69 Å². The van der Waals surface area contributed by atoms with Crippen molar-refractivity contribution in [1.29, 1.82) is 0 Å². The van der Waals surface area contributed by atoms with Gasteiger partial charge >= 0.3 is 31.5 Å². The topological polar surface area (TPSA) is 238 Å². The Labute approximate surface area is 390 Å². The number of halogens is 14. The molecule has 0 bridgehead atoms. The lowest BCUT2D eigenvalue weighted by Gasteiger charge is -2.32. The number of hydrogen-bond donors (Lipinski definition) is 4. The van der Waals surface area contributed by atoms with Crippen LogP contribution in [0.3, 0.4) is 0 Å². The van der Waals surface area contributed by atoms with Gasteiger partial charge in [0, 0.05) is 58.8 Å². The number of aromatic amines is 1. The van der Waals surface area contributed by atoms with Crippen LogP contribution in [0.4, 0.5) is 72.8 Å². The number of pyridine rings is 2. The average Bonchev–Trinajstić information content (AvgIpc) is 3.71. The molecule has 2 saturated heterocycles. The second-order valence-corrected chi connectivity index (χ2v) is 15.9. The molecular formula is C42H38F14N6O9. The van der Waals surface area contributed by atoms with Gasteiger partial charge in [-0.15, -0.1) is 0 Å². The van der Waals surface area contributed by atoms with Gasteiger partial charge in [-0.2, -0.15) is 52.7 Å². The Kier molecular flexibility index (Phi) is 17.0. The molecule has 4 aromatic rings. The van der Waals surface area contributed by atoms with Crippen LogP contribution >= 0.6 is 0 Å². The quantitative estimate of drug-likeness (QED) is 0.102. The molecule has 0 saturated carbocycles. The second-order valence-electron chi connectivity index (χ2n) is 15.9. The smallest absolute Gasteiger partial charge is 0.417 e. The molecule has 2 aromatic carbocycles. The lowest BCUT2D eigenvalue weighted by molar-refractivity contribution is -0.381. The van der Waals surface area contributed by atoms with E-state index >= 15 is 0 Å². The van der Waals surface area contributed by atoms with Gasteiger partial charge < -0.3 is 46.5 Å². The Balaban J connectivity index is 0.000000304. The van der Waals surface area contributed by atoms with E-state index in [1.165, 1.54) is 18.3 Å². The van der Waals surface area contributed by atoms with Gasteiger partial charge in [-0.05, 0) is 38.1 Å². The zero-order chi connectivity index (χ0) is 52.6. The minimum atomic E-state index is -5.04. The van der Waals surface area contributed by atoms with E-state index in [9.17, 15) is 80.6 Å². The van der Waals surface area contributed by atoms with Gasteiger partial charge in [-0.1, -0.05) is 26.0 Å². The Hall–Kier alpha value is -6.88. The van der Waals surface area contributed by atoms with Gasteiger partial charge in [0.15, 0.2) is 40.5 Å². The summed E-state index contributed by atoms with van der Waals surface area (Å²) < 4.78 is 210. The first-order valence-electron chi connectivity index (χ1n) is 19.9. The number of nitrogens with one attached hydrogen (secondary N) is 3. The van der Waals surface area contributed by atoms with E-state index in [1.54, 1.807) is 0 Å². The van der Waals surface area contributed by atoms with E-state index in [2.05, 4.69) is 30.1 Å². The molecule has 71 heavy (non-hydrogen) atoms. The monoisotopic (exact) mass is 1040 g/mol. The van der Waals surface area contributed by atoms with E-state index < -0.39 is 142 Å². The lowest BCUT2D eigenvalue weighted by atomic mass is 9.77. The van der Waals surface area contributed by atoms with E-state index in [0.29, 0.717) is 26.0 Å². The van der Waals surface area contributed by atoms with Crippen molar-refractivity contribution in [1.82, 2.24) is 4.98 Å². The summed E-state index contributed by atoms with van der Waals surface area (Å²) in [7, 11) is 0. The first-order valence-corrected chi connectivity index (χ1v) is 19.9. The summed E-state index contributed by atoms with van der Waals surface area (Å²) in [6.07, 6.45) is -11.8. The molecule has 2 aliphatic rings. The molecule has 8 N–H and O–H groups in total. The molecule has 2 fully saturated rings. The highest BCUT2D eigenvalue weighted by Crippen LogP contribution is 2.57. The van der Waals surface area contributed by atoms with Gasteiger partial charge in [0.2, 0.25) is 11.6 Å². The largest absolute Gasteiger partial charge is 0.870 e. The van der Waals surface area contributed by atoms with Crippen molar-refractivity contribution in [2.75, 3.05) is 10.6 Å². The number of H-pyrrole nitrogens is 1. The average molecular weight is 1040 g/mol. The van der Waals surface area contributed by atoms with Gasteiger partial charge in [-0.3, -0.25) is 24.2 Å². The fourth-order valence-corrected chi connectivity index (χ4v) is 7.84. The molecule has 2 aliphatic heterocycles. The summed E-state index contributed by atoms with van der Waals surface area (Å²) in [6, 6.07) is 7.12. The maximum atomic E-state index is 14.4. The fraction of sp³-hybridized carbons (Fsp3) is 0.381. The number of rotatable bonds is 12. The predicted molar refractivity (Wildman–Crippen MR) is 212 cm³/mol. The number of benzene rings is 2. The van der Waals surface area contributed by atoms with Crippen LogP contribution in [0, 0.1) is 35.1 Å². The molecule has 8 unspecified atom stereocenters. The minimum absolute atomic E-state index is 0. The summed E-state index contributed by atoms with van der Waals surface area (Å²) in [5.41, 5.74) is 2.48. The minimum Gasteiger partial charge on any atom is -0.870 e. The van der Waals surface area contributed by atoms with Crippen molar-refractivity contribution in [2.24, 2.45) is 23.3 Å². The van der Waals surface area contributed by atoms with Gasteiger partial charge in [-0.25, -0.2) is 13.8 Å². The third-order valence-corrected chi connectivity index (χ3v) is 11.8. The number of carbonyl (C=O) groups is 4. The fourth-order valence-electron chi connectivity index (χ4n) is 7.84. The Bertz CT molecular complexity index is 2470. The van der Waals surface area contributed by atoms with Crippen LogP contribution < -0.4 is 36.6 Å². The Morgan fingerprint density at radius 1 is 0.676 bits per heavy atom. The summed E-state index contributed by atoms with van der Waals surface area (Å²) in [5.74, 6) is -20.5. The van der Waals surface area contributed by atoms with Crippen LogP contribution in [-0.2, 0) is 19.1 Å². The normalized spacial score (nSPS) is 24.1. The van der Waals surface area contributed by atoms with Crippen LogP contribution in [0.1, 0.15) is 71.6 Å². The van der Waals surface area contributed by atoms with Crippen molar-refractivity contribution < 1.29 is 110 Å². The molecule has 0 radical (unpaired) electrons. The molecule has 6 rings (SSSR count). The highest BCUT2D eigenvalue weighted by molar-refractivity contribution is 5.98. The van der Waals surface area contributed by atoms with Gasteiger partial charge in [0.25, 0.3) is 23.4 Å². The zero-order valence-electron chi connectivity index (χ0n) is 36.5. The van der Waals surface area contributed by atoms with Crippen LogP contribution in [0.15, 0.2) is 60.9 Å². The van der Waals surface area contributed by atoms with Crippen LogP contribution in [0.2, 0.25) is 0 Å². The number of nitrogens with zero attached hydrogens (tertiary/aromatic N) is 1. The maximum Gasteiger partial charge on any atom is 0.417 e.